The van der Waals surface area contributed by atoms with Crippen LogP contribution in [0.4, 0.5) is 4.79 Å². The molecule has 1 aliphatic heterocycles. The van der Waals surface area contributed by atoms with E-state index in [0.29, 0.717) is 25.0 Å². The maximum Gasteiger partial charge on any atom is 0.508 e. The van der Waals surface area contributed by atoms with E-state index in [-0.39, 0.29) is 5.41 Å². The highest BCUT2D eigenvalue weighted by Gasteiger charge is 2.38. The molecule has 1 heterocycles. The number of hydrogen-bond acceptors (Lipinski definition) is 3. The van der Waals surface area contributed by atoms with Crippen LogP contribution < -0.4 is 0 Å². The molecule has 3 nitrogen and oxygen atoms in total. The van der Waals surface area contributed by atoms with Crippen LogP contribution in [0.25, 0.3) is 0 Å². The molecule has 1 aliphatic rings. The second kappa shape index (κ2) is 4.86. The molecule has 0 spiro atoms. The van der Waals surface area contributed by atoms with Crippen molar-refractivity contribution in [2.45, 2.75) is 40.5 Å². The van der Waals surface area contributed by atoms with Crippen molar-refractivity contribution < 1.29 is 14.3 Å². The zero-order chi connectivity index (χ0) is 11.5. The molecule has 88 valence electrons. The molecule has 0 radical (unpaired) electrons. The lowest BCUT2D eigenvalue weighted by molar-refractivity contribution is -0.0759. The van der Waals surface area contributed by atoms with Crippen LogP contribution >= 0.6 is 0 Å². The molecule has 1 fully saturated rings. The van der Waals surface area contributed by atoms with Gasteiger partial charge in [-0.15, -0.1) is 0 Å². The zero-order valence-electron chi connectivity index (χ0n) is 10.2. The van der Waals surface area contributed by atoms with Gasteiger partial charge in [0.2, 0.25) is 0 Å². The molecule has 1 rings (SSSR count). The highest BCUT2D eigenvalue weighted by atomic mass is 16.7. The lowest BCUT2D eigenvalue weighted by Gasteiger charge is -2.38. The second-order valence-electron chi connectivity index (χ2n) is 5.52. The zero-order valence-corrected chi connectivity index (χ0v) is 10.2. The van der Waals surface area contributed by atoms with Gasteiger partial charge in [-0.25, -0.2) is 4.79 Å². The molecule has 0 atom stereocenters. The Bertz CT molecular complexity index is 199. The quantitative estimate of drug-likeness (QED) is 0.674. The first kappa shape index (κ1) is 12.3. The van der Waals surface area contributed by atoms with E-state index in [1.807, 2.05) is 0 Å². The summed E-state index contributed by atoms with van der Waals surface area (Å²) in [6.45, 7) is 9.80. The minimum absolute atomic E-state index is 0.0379. The van der Waals surface area contributed by atoms with Crippen molar-refractivity contribution in [3.8, 4) is 0 Å². The van der Waals surface area contributed by atoms with Gasteiger partial charge in [0.05, 0.1) is 0 Å². The molecule has 0 saturated carbocycles. The Morgan fingerprint density at radius 2 is 1.47 bits per heavy atom. The van der Waals surface area contributed by atoms with E-state index in [2.05, 4.69) is 27.7 Å². The predicted octanol–water partition coefficient (Wildman–Crippen LogP) is 3.23. The number of rotatable bonds is 4. The Balaban J connectivity index is 2.63. The van der Waals surface area contributed by atoms with Gasteiger partial charge in [-0.3, -0.25) is 0 Å². The summed E-state index contributed by atoms with van der Waals surface area (Å²) in [5.74, 6) is 1.20. The highest BCUT2D eigenvalue weighted by molar-refractivity contribution is 5.60. The van der Waals surface area contributed by atoms with Crippen molar-refractivity contribution in [1.82, 2.24) is 0 Å². The number of hydrogen-bond donors (Lipinski definition) is 0. The Morgan fingerprint density at radius 3 is 1.80 bits per heavy atom. The van der Waals surface area contributed by atoms with E-state index in [4.69, 9.17) is 9.47 Å². The molecule has 0 N–H and O–H groups in total. The van der Waals surface area contributed by atoms with Gasteiger partial charge in [-0.1, -0.05) is 27.7 Å². The van der Waals surface area contributed by atoms with E-state index in [1.165, 1.54) is 0 Å². The van der Waals surface area contributed by atoms with Gasteiger partial charge >= 0.3 is 6.16 Å². The topological polar surface area (TPSA) is 35.5 Å². The van der Waals surface area contributed by atoms with Crippen LogP contribution in [0.3, 0.4) is 0 Å². The Kier molecular flexibility index (Phi) is 4.00. The normalized spacial score (nSPS) is 20.3. The van der Waals surface area contributed by atoms with E-state index in [0.717, 1.165) is 12.8 Å². The van der Waals surface area contributed by atoms with Crippen molar-refractivity contribution in [3.05, 3.63) is 0 Å². The SMILES string of the molecule is CC(C)CC1(CC(C)C)COC(=O)OC1. The third-order valence-electron chi connectivity index (χ3n) is 2.67. The minimum atomic E-state index is -0.516. The average molecular weight is 214 g/mol. The second-order valence-corrected chi connectivity index (χ2v) is 5.52. The summed E-state index contributed by atoms with van der Waals surface area (Å²) in [4.78, 5) is 10.9. The number of carbonyl (C=O) groups is 1. The monoisotopic (exact) mass is 214 g/mol. The Hall–Kier alpha value is -0.730. The Morgan fingerprint density at radius 1 is 1.07 bits per heavy atom. The summed E-state index contributed by atoms with van der Waals surface area (Å²) >= 11 is 0. The van der Waals surface area contributed by atoms with Gasteiger partial charge in [0.25, 0.3) is 0 Å². The molecule has 15 heavy (non-hydrogen) atoms. The maximum absolute atomic E-state index is 10.9. The van der Waals surface area contributed by atoms with Crippen molar-refractivity contribution in [3.63, 3.8) is 0 Å². The lowest BCUT2D eigenvalue weighted by Crippen LogP contribution is -2.41. The van der Waals surface area contributed by atoms with Crippen LogP contribution in [0.5, 0.6) is 0 Å². The van der Waals surface area contributed by atoms with Gasteiger partial charge in [-0.05, 0) is 24.7 Å². The first-order chi connectivity index (χ1) is 6.93. The molecule has 0 amide bonds. The van der Waals surface area contributed by atoms with Gasteiger partial charge < -0.3 is 9.47 Å². The third kappa shape index (κ3) is 3.73. The average Bonchev–Trinajstić information content (AvgIpc) is 2.08. The summed E-state index contributed by atoms with van der Waals surface area (Å²) in [7, 11) is 0. The van der Waals surface area contributed by atoms with Crippen LogP contribution in [0, 0.1) is 17.3 Å². The van der Waals surface area contributed by atoms with Crippen LogP contribution in [0.1, 0.15) is 40.5 Å². The lowest BCUT2D eigenvalue weighted by atomic mass is 9.75. The number of cyclic esters (lactones) is 2. The van der Waals surface area contributed by atoms with Crippen molar-refractivity contribution >= 4 is 6.16 Å². The molecule has 0 unspecified atom stereocenters. The van der Waals surface area contributed by atoms with E-state index in [9.17, 15) is 4.79 Å². The van der Waals surface area contributed by atoms with Crippen molar-refractivity contribution in [2.75, 3.05) is 13.2 Å². The van der Waals surface area contributed by atoms with Crippen LogP contribution in [-0.2, 0) is 9.47 Å². The minimum Gasteiger partial charge on any atom is -0.434 e. The van der Waals surface area contributed by atoms with Crippen LogP contribution in [0.15, 0.2) is 0 Å². The summed E-state index contributed by atoms with van der Waals surface area (Å²) in [6.07, 6.45) is 1.59. The number of ether oxygens (including phenoxy) is 2. The van der Waals surface area contributed by atoms with Gasteiger partial charge in [-0.2, -0.15) is 0 Å². The first-order valence-electron chi connectivity index (χ1n) is 5.73. The van der Waals surface area contributed by atoms with E-state index >= 15 is 0 Å². The molecular formula is C12H22O3. The largest absolute Gasteiger partial charge is 0.508 e. The summed E-state index contributed by atoms with van der Waals surface area (Å²) in [5.41, 5.74) is 0.0379. The molecule has 1 saturated heterocycles. The molecule has 0 aromatic carbocycles. The summed E-state index contributed by atoms with van der Waals surface area (Å²) in [6, 6.07) is 0. The molecule has 0 aromatic rings. The Labute approximate surface area is 92.1 Å². The highest BCUT2D eigenvalue weighted by Crippen LogP contribution is 2.36. The molecule has 0 bridgehead atoms. The molecule has 3 heteroatoms. The first-order valence-corrected chi connectivity index (χ1v) is 5.73. The fourth-order valence-corrected chi connectivity index (χ4v) is 2.56. The number of carbonyl (C=O) groups excluding carboxylic acids is 1. The molecule has 0 aliphatic carbocycles. The van der Waals surface area contributed by atoms with E-state index in [1.54, 1.807) is 0 Å². The van der Waals surface area contributed by atoms with Gasteiger partial charge in [0, 0.05) is 5.41 Å². The smallest absolute Gasteiger partial charge is 0.434 e. The molecular weight excluding hydrogens is 192 g/mol. The van der Waals surface area contributed by atoms with Crippen molar-refractivity contribution in [2.24, 2.45) is 17.3 Å². The molecule has 0 aromatic heterocycles. The summed E-state index contributed by atoms with van der Waals surface area (Å²) in [5, 5.41) is 0. The fourth-order valence-electron chi connectivity index (χ4n) is 2.56. The van der Waals surface area contributed by atoms with Crippen molar-refractivity contribution in [1.29, 1.82) is 0 Å². The van der Waals surface area contributed by atoms with Gasteiger partial charge in [0.15, 0.2) is 0 Å². The van der Waals surface area contributed by atoms with Gasteiger partial charge in [0.1, 0.15) is 13.2 Å². The maximum atomic E-state index is 10.9. The standard InChI is InChI=1S/C12H22O3/c1-9(2)5-12(6-10(3)4)7-14-11(13)15-8-12/h9-10H,5-8H2,1-4H3. The van der Waals surface area contributed by atoms with Crippen LogP contribution in [-0.4, -0.2) is 19.4 Å². The summed E-state index contributed by atoms with van der Waals surface area (Å²) < 4.78 is 10.1. The third-order valence-corrected chi connectivity index (χ3v) is 2.67. The fraction of sp³-hybridized carbons (Fsp3) is 0.917. The predicted molar refractivity (Wildman–Crippen MR) is 58.6 cm³/mol. The van der Waals surface area contributed by atoms with E-state index < -0.39 is 6.16 Å². The van der Waals surface area contributed by atoms with Crippen LogP contribution in [0.2, 0.25) is 0 Å².